The Bertz CT molecular complexity index is 961. The van der Waals surface area contributed by atoms with E-state index in [-0.39, 0.29) is 23.2 Å². The standard InChI is InChI=1S/C20H26N2O6S/c1-14(16-8-6-7-9-17(16)26-3)21-20(23)13-22(2)29(24,25)15-10-11-18(27-4)19(12-15)28-5/h6-12,14H,13H2,1-5H3,(H,21,23)/t14-/m1/s1. The highest BCUT2D eigenvalue weighted by molar-refractivity contribution is 7.89. The normalized spacial score (nSPS) is 12.3. The van der Waals surface area contributed by atoms with Crippen LogP contribution in [0.3, 0.4) is 0 Å². The number of carbonyl (C=O) groups is 1. The molecule has 2 rings (SSSR count). The molecule has 0 aliphatic heterocycles. The van der Waals surface area contributed by atoms with Gasteiger partial charge < -0.3 is 19.5 Å². The Balaban J connectivity index is 2.12. The molecule has 158 valence electrons. The number of methoxy groups -OCH3 is 3. The van der Waals surface area contributed by atoms with Gasteiger partial charge in [-0.15, -0.1) is 0 Å². The molecule has 0 spiro atoms. The van der Waals surface area contributed by atoms with Crippen molar-refractivity contribution in [1.82, 2.24) is 9.62 Å². The number of rotatable bonds is 9. The van der Waals surface area contributed by atoms with Gasteiger partial charge in [-0.2, -0.15) is 4.31 Å². The van der Waals surface area contributed by atoms with Crippen molar-refractivity contribution in [2.45, 2.75) is 17.9 Å². The van der Waals surface area contributed by atoms with E-state index >= 15 is 0 Å². The Kier molecular flexibility index (Phi) is 7.46. The largest absolute Gasteiger partial charge is 0.496 e. The lowest BCUT2D eigenvalue weighted by Crippen LogP contribution is -2.39. The minimum absolute atomic E-state index is 0.00299. The molecule has 29 heavy (non-hydrogen) atoms. The number of carbonyl (C=O) groups excluding carboxylic acids is 1. The van der Waals surface area contributed by atoms with Gasteiger partial charge in [0.25, 0.3) is 0 Å². The van der Waals surface area contributed by atoms with Crippen LogP contribution >= 0.6 is 0 Å². The fraction of sp³-hybridized carbons (Fsp3) is 0.350. The van der Waals surface area contributed by atoms with Crippen molar-refractivity contribution in [3.63, 3.8) is 0 Å². The molecule has 0 saturated carbocycles. The topological polar surface area (TPSA) is 94.2 Å². The number of sulfonamides is 1. The van der Waals surface area contributed by atoms with Gasteiger partial charge in [-0.05, 0) is 25.1 Å². The van der Waals surface area contributed by atoms with Gasteiger partial charge in [0.1, 0.15) is 5.75 Å². The molecule has 9 heteroatoms. The zero-order valence-electron chi connectivity index (χ0n) is 17.1. The van der Waals surface area contributed by atoms with Crippen LogP contribution in [0.25, 0.3) is 0 Å². The summed E-state index contributed by atoms with van der Waals surface area (Å²) >= 11 is 0. The average Bonchev–Trinajstić information content (AvgIpc) is 2.72. The number of ether oxygens (including phenoxy) is 3. The summed E-state index contributed by atoms with van der Waals surface area (Å²) in [6.07, 6.45) is 0. The number of likely N-dealkylation sites (N-methyl/N-ethyl adjacent to an activating group) is 1. The van der Waals surface area contributed by atoms with E-state index in [4.69, 9.17) is 14.2 Å². The molecular weight excluding hydrogens is 396 g/mol. The summed E-state index contributed by atoms with van der Waals surface area (Å²) in [7, 11) is 1.89. The van der Waals surface area contributed by atoms with E-state index in [9.17, 15) is 13.2 Å². The van der Waals surface area contributed by atoms with Crippen molar-refractivity contribution in [1.29, 1.82) is 0 Å². The molecule has 0 aliphatic carbocycles. The van der Waals surface area contributed by atoms with E-state index in [1.54, 1.807) is 20.1 Å². The Labute approximate surface area is 171 Å². The van der Waals surface area contributed by atoms with Gasteiger partial charge in [0, 0.05) is 18.7 Å². The molecule has 8 nitrogen and oxygen atoms in total. The molecule has 2 aromatic rings. The second-order valence-electron chi connectivity index (χ2n) is 6.31. The van der Waals surface area contributed by atoms with Gasteiger partial charge in [0.2, 0.25) is 15.9 Å². The molecule has 0 fully saturated rings. The van der Waals surface area contributed by atoms with Crippen LogP contribution in [-0.2, 0) is 14.8 Å². The SMILES string of the molecule is COc1ccc(S(=O)(=O)N(C)CC(=O)N[C@H](C)c2ccccc2OC)cc1OC. The maximum atomic E-state index is 12.8. The van der Waals surface area contributed by atoms with Gasteiger partial charge in [0.15, 0.2) is 11.5 Å². The highest BCUT2D eigenvalue weighted by Crippen LogP contribution is 2.30. The summed E-state index contributed by atoms with van der Waals surface area (Å²) < 4.78 is 42.2. The summed E-state index contributed by atoms with van der Waals surface area (Å²) in [6, 6.07) is 11.2. The van der Waals surface area contributed by atoms with Crippen molar-refractivity contribution in [2.24, 2.45) is 0 Å². The molecule has 1 N–H and O–H groups in total. The number of para-hydroxylation sites is 1. The summed E-state index contributed by atoms with van der Waals surface area (Å²) in [6.45, 7) is 1.47. The fourth-order valence-corrected chi connectivity index (χ4v) is 3.98. The Morgan fingerprint density at radius 2 is 1.62 bits per heavy atom. The number of benzene rings is 2. The molecule has 0 aliphatic rings. The lowest BCUT2D eigenvalue weighted by atomic mass is 10.1. The quantitative estimate of drug-likeness (QED) is 0.666. The minimum Gasteiger partial charge on any atom is -0.496 e. The van der Waals surface area contributed by atoms with Crippen LogP contribution < -0.4 is 19.5 Å². The van der Waals surface area contributed by atoms with Gasteiger partial charge in [0.05, 0.1) is 38.8 Å². The molecule has 1 amide bonds. The van der Waals surface area contributed by atoms with E-state index in [2.05, 4.69) is 5.32 Å². The van der Waals surface area contributed by atoms with Crippen molar-refractivity contribution in [2.75, 3.05) is 34.9 Å². The maximum absolute atomic E-state index is 12.8. The molecule has 0 heterocycles. The van der Waals surface area contributed by atoms with E-state index in [0.29, 0.717) is 11.5 Å². The average molecular weight is 423 g/mol. The number of amides is 1. The van der Waals surface area contributed by atoms with Gasteiger partial charge in [-0.1, -0.05) is 18.2 Å². The predicted molar refractivity (Wildman–Crippen MR) is 109 cm³/mol. The van der Waals surface area contributed by atoms with E-state index in [1.165, 1.54) is 39.5 Å². The van der Waals surface area contributed by atoms with Crippen LogP contribution in [0.1, 0.15) is 18.5 Å². The molecular formula is C20H26N2O6S. The molecule has 0 saturated heterocycles. The Morgan fingerprint density at radius 3 is 2.24 bits per heavy atom. The maximum Gasteiger partial charge on any atom is 0.243 e. The fourth-order valence-electron chi connectivity index (χ4n) is 2.83. The molecule has 0 unspecified atom stereocenters. The Hall–Kier alpha value is -2.78. The first-order chi connectivity index (χ1) is 13.7. The van der Waals surface area contributed by atoms with Crippen molar-refractivity contribution in [3.05, 3.63) is 48.0 Å². The predicted octanol–water partition coefficient (Wildman–Crippen LogP) is 2.21. The highest BCUT2D eigenvalue weighted by Gasteiger charge is 2.25. The lowest BCUT2D eigenvalue weighted by Gasteiger charge is -2.21. The minimum atomic E-state index is -3.89. The first kappa shape index (κ1) is 22.5. The van der Waals surface area contributed by atoms with E-state index in [0.717, 1.165) is 9.87 Å². The smallest absolute Gasteiger partial charge is 0.243 e. The number of nitrogens with zero attached hydrogens (tertiary/aromatic N) is 1. The summed E-state index contributed by atoms with van der Waals surface area (Å²) in [4.78, 5) is 12.4. The zero-order chi connectivity index (χ0) is 21.6. The van der Waals surface area contributed by atoms with Crippen LogP contribution in [0.4, 0.5) is 0 Å². The van der Waals surface area contributed by atoms with Crippen molar-refractivity contribution < 1.29 is 27.4 Å². The van der Waals surface area contributed by atoms with Crippen LogP contribution in [0.15, 0.2) is 47.4 Å². The third kappa shape index (κ3) is 5.18. The molecule has 0 radical (unpaired) electrons. The second-order valence-corrected chi connectivity index (χ2v) is 8.35. The zero-order valence-corrected chi connectivity index (χ0v) is 17.9. The number of nitrogens with one attached hydrogen (secondary N) is 1. The van der Waals surface area contributed by atoms with Crippen LogP contribution in [0, 0.1) is 0 Å². The third-order valence-corrected chi connectivity index (χ3v) is 6.21. The number of hydrogen-bond donors (Lipinski definition) is 1. The highest BCUT2D eigenvalue weighted by atomic mass is 32.2. The second kappa shape index (κ2) is 9.62. The first-order valence-corrected chi connectivity index (χ1v) is 10.3. The molecule has 1 atom stereocenters. The summed E-state index contributed by atoms with van der Waals surface area (Å²) in [5.41, 5.74) is 0.800. The van der Waals surface area contributed by atoms with Crippen molar-refractivity contribution >= 4 is 15.9 Å². The lowest BCUT2D eigenvalue weighted by molar-refractivity contribution is -0.121. The van der Waals surface area contributed by atoms with Crippen molar-refractivity contribution in [3.8, 4) is 17.2 Å². The summed E-state index contributed by atoms with van der Waals surface area (Å²) in [5, 5.41) is 2.80. The van der Waals surface area contributed by atoms with Gasteiger partial charge >= 0.3 is 0 Å². The first-order valence-electron chi connectivity index (χ1n) is 8.85. The third-order valence-electron chi connectivity index (χ3n) is 4.41. The van der Waals surface area contributed by atoms with E-state index < -0.39 is 15.9 Å². The van der Waals surface area contributed by atoms with Gasteiger partial charge in [-0.3, -0.25) is 4.79 Å². The van der Waals surface area contributed by atoms with Crippen LogP contribution in [-0.4, -0.2) is 53.6 Å². The Morgan fingerprint density at radius 1 is 1.00 bits per heavy atom. The van der Waals surface area contributed by atoms with Crippen LogP contribution in [0.2, 0.25) is 0 Å². The van der Waals surface area contributed by atoms with Crippen LogP contribution in [0.5, 0.6) is 17.2 Å². The number of hydrogen-bond acceptors (Lipinski definition) is 6. The van der Waals surface area contributed by atoms with E-state index in [1.807, 2.05) is 18.2 Å². The summed E-state index contributed by atoms with van der Waals surface area (Å²) in [5.74, 6) is 0.912. The molecule has 2 aromatic carbocycles. The molecule has 0 aromatic heterocycles. The molecule has 0 bridgehead atoms. The van der Waals surface area contributed by atoms with Gasteiger partial charge in [-0.25, -0.2) is 8.42 Å². The monoisotopic (exact) mass is 422 g/mol.